The van der Waals surface area contributed by atoms with E-state index in [9.17, 15) is 14.4 Å². The lowest BCUT2D eigenvalue weighted by molar-refractivity contribution is -0.127. The largest absolute Gasteiger partial charge is 0.495 e. The number of benzene rings is 1. The molecule has 49 heavy (non-hydrogen) atoms. The van der Waals surface area contributed by atoms with Gasteiger partial charge >= 0.3 is 0 Å². The Morgan fingerprint density at radius 2 is 1.92 bits per heavy atom. The number of methoxy groups -OCH3 is 2. The number of piperazine rings is 1. The van der Waals surface area contributed by atoms with Gasteiger partial charge in [0, 0.05) is 68.5 Å². The topological polar surface area (TPSA) is 128 Å². The van der Waals surface area contributed by atoms with Crippen molar-refractivity contribution in [1.29, 1.82) is 0 Å². The van der Waals surface area contributed by atoms with Gasteiger partial charge in [-0.2, -0.15) is 4.98 Å². The summed E-state index contributed by atoms with van der Waals surface area (Å²) in [6.45, 7) is 8.14. The average molecular weight is 712 g/mol. The lowest BCUT2D eigenvalue weighted by Gasteiger charge is -2.38. The van der Waals surface area contributed by atoms with E-state index < -0.39 is 0 Å². The summed E-state index contributed by atoms with van der Waals surface area (Å²) in [5, 5.41) is 4.23. The first kappa shape index (κ1) is 36.1. The van der Waals surface area contributed by atoms with Gasteiger partial charge in [-0.3, -0.25) is 23.9 Å². The van der Waals surface area contributed by atoms with Gasteiger partial charge in [0.2, 0.25) is 5.95 Å². The van der Waals surface area contributed by atoms with Crippen LogP contribution in [0.15, 0.2) is 35.8 Å². The minimum Gasteiger partial charge on any atom is -0.495 e. The number of aromatic nitrogens is 3. The summed E-state index contributed by atoms with van der Waals surface area (Å²) in [4.78, 5) is 52.7. The maximum Gasteiger partial charge on any atom is 0.298 e. The van der Waals surface area contributed by atoms with Gasteiger partial charge in [-0.05, 0) is 50.8 Å². The number of fused-ring (bicyclic) bond motifs is 1. The number of nitrogens with zero attached hydrogens (tertiary/aromatic N) is 5. The van der Waals surface area contributed by atoms with Crippen molar-refractivity contribution in [2.45, 2.75) is 44.8 Å². The molecule has 1 N–H and O–H groups in total. The first-order valence-electron chi connectivity index (χ1n) is 16.0. The number of aryl methyl sites for hydroxylation is 1. The number of ketones is 1. The Labute approximate surface area is 295 Å². The molecule has 14 heteroatoms. The number of ether oxygens (including phenoxy) is 3. The summed E-state index contributed by atoms with van der Waals surface area (Å²) in [7, 11) is 4.94. The fourth-order valence-corrected chi connectivity index (χ4v) is 7.04. The molecular formula is C35H40Cl2N6O6. The standard InChI is InChI=1S/C35H40Cl2N6O6/c1-6-8-29(45)42-13-12-41(3)23(19-42)9-11-43-33-22(16-25(34(43)46)30-31(36)27(47-4)17-28(48-5)32(30)37)18-38-35(40-33)39-26-20-49-14-10-21(26)15-24(44)7-2/h7,16-18,21,23,26H,2,9-15,19-20H2,1,3-5H3,(H,38,39,40). The summed E-state index contributed by atoms with van der Waals surface area (Å²) < 4.78 is 18.3. The number of carbonyl (C=O) groups is 2. The maximum absolute atomic E-state index is 14.5. The quantitative estimate of drug-likeness (QED) is 0.227. The Morgan fingerprint density at radius 1 is 1.18 bits per heavy atom. The van der Waals surface area contributed by atoms with Gasteiger partial charge < -0.3 is 24.4 Å². The molecule has 2 fully saturated rings. The molecule has 0 aliphatic carbocycles. The fourth-order valence-electron chi connectivity index (χ4n) is 6.34. The van der Waals surface area contributed by atoms with E-state index in [2.05, 4.69) is 33.6 Å². The van der Waals surface area contributed by atoms with E-state index in [1.807, 2.05) is 7.05 Å². The Hall–Kier alpha value is -4.15. The van der Waals surface area contributed by atoms with Gasteiger partial charge in [-0.25, -0.2) is 4.98 Å². The minimum absolute atomic E-state index is 0.000309. The second kappa shape index (κ2) is 16.0. The van der Waals surface area contributed by atoms with Crippen LogP contribution in [0.4, 0.5) is 5.95 Å². The molecule has 1 amide bonds. The fraction of sp³-hybridized carbons (Fsp3) is 0.457. The van der Waals surface area contributed by atoms with Gasteiger partial charge in [-0.1, -0.05) is 35.7 Å². The highest BCUT2D eigenvalue weighted by Gasteiger charge is 2.30. The van der Waals surface area contributed by atoms with Crippen molar-refractivity contribution >= 4 is 51.9 Å². The number of anilines is 1. The number of halogens is 2. The Balaban J connectivity index is 1.59. The summed E-state index contributed by atoms with van der Waals surface area (Å²) in [6, 6.07) is 2.96. The first-order chi connectivity index (χ1) is 23.6. The molecule has 2 aliphatic heterocycles. The molecule has 1 aromatic carbocycles. The summed E-state index contributed by atoms with van der Waals surface area (Å²) in [6.07, 6.45) is 4.52. The Kier molecular flexibility index (Phi) is 11.8. The zero-order valence-corrected chi connectivity index (χ0v) is 29.6. The zero-order chi connectivity index (χ0) is 35.2. The third-order valence-electron chi connectivity index (χ3n) is 9.16. The van der Waals surface area contributed by atoms with Gasteiger partial charge in [-0.15, -0.1) is 0 Å². The second-order valence-electron chi connectivity index (χ2n) is 12.1. The van der Waals surface area contributed by atoms with Crippen LogP contribution in [-0.4, -0.2) is 102 Å². The number of nitrogens with one attached hydrogen (secondary N) is 1. The number of carbonyl (C=O) groups excluding carboxylic acids is 2. The molecule has 3 atom stereocenters. The number of hydrogen-bond acceptors (Lipinski definition) is 10. The second-order valence-corrected chi connectivity index (χ2v) is 12.8. The van der Waals surface area contributed by atoms with Gasteiger partial charge in [0.1, 0.15) is 17.1 Å². The third kappa shape index (κ3) is 7.86. The van der Waals surface area contributed by atoms with E-state index in [1.165, 1.54) is 20.3 Å². The van der Waals surface area contributed by atoms with E-state index in [0.717, 1.165) is 0 Å². The Morgan fingerprint density at radius 3 is 2.59 bits per heavy atom. The molecule has 0 spiro atoms. The molecule has 0 saturated carbocycles. The highest BCUT2D eigenvalue weighted by atomic mass is 35.5. The minimum atomic E-state index is -0.380. The molecular weight excluding hydrogens is 671 g/mol. The van der Waals surface area contributed by atoms with Crippen LogP contribution in [-0.2, 0) is 20.9 Å². The number of pyridine rings is 1. The van der Waals surface area contributed by atoms with Gasteiger partial charge in [0.15, 0.2) is 5.78 Å². The van der Waals surface area contributed by atoms with E-state index in [1.54, 1.807) is 34.7 Å². The summed E-state index contributed by atoms with van der Waals surface area (Å²) in [5.74, 6) is 5.94. The highest BCUT2D eigenvalue weighted by Crippen LogP contribution is 2.45. The lowest BCUT2D eigenvalue weighted by atomic mass is 9.90. The SMILES string of the molecule is C=CC(=O)CC1CCOCC1Nc1ncc2cc(-c3c(Cl)c(OC)cc(OC)c3Cl)c(=O)n(CCC3CN(C(=O)C#CC)CCN3C)c2n1. The molecule has 2 aliphatic rings. The van der Waals surface area contributed by atoms with Gasteiger partial charge in [0.25, 0.3) is 11.5 Å². The lowest BCUT2D eigenvalue weighted by Crippen LogP contribution is -2.53. The van der Waals surface area contributed by atoms with Crippen LogP contribution in [0.5, 0.6) is 11.5 Å². The monoisotopic (exact) mass is 710 g/mol. The normalized spacial score (nSPS) is 19.6. The van der Waals surface area contributed by atoms with Crippen molar-refractivity contribution in [2.75, 3.05) is 59.4 Å². The van der Waals surface area contributed by atoms with Crippen LogP contribution in [0.2, 0.25) is 10.0 Å². The van der Waals surface area contributed by atoms with Crippen LogP contribution < -0.4 is 20.3 Å². The molecule has 2 saturated heterocycles. The van der Waals surface area contributed by atoms with Gasteiger partial charge in [0.05, 0.1) is 42.5 Å². The number of rotatable bonds is 11. The smallest absolute Gasteiger partial charge is 0.298 e. The molecule has 3 unspecified atom stereocenters. The molecule has 12 nitrogen and oxygen atoms in total. The van der Waals surface area contributed by atoms with Crippen molar-refractivity contribution in [3.05, 3.63) is 51.4 Å². The van der Waals surface area contributed by atoms with Crippen molar-refractivity contribution in [2.24, 2.45) is 5.92 Å². The molecule has 0 radical (unpaired) electrons. The van der Waals surface area contributed by atoms with E-state index >= 15 is 0 Å². The molecule has 0 bridgehead atoms. The molecule has 4 heterocycles. The molecule has 5 rings (SSSR count). The van der Waals surface area contributed by atoms with Crippen molar-refractivity contribution in [3.8, 4) is 34.5 Å². The molecule has 3 aromatic rings. The Bertz CT molecular complexity index is 1840. The van der Waals surface area contributed by atoms with Crippen molar-refractivity contribution in [1.82, 2.24) is 24.3 Å². The van der Waals surface area contributed by atoms with Crippen LogP contribution in [0.3, 0.4) is 0 Å². The predicted octanol–water partition coefficient (Wildman–Crippen LogP) is 4.30. The number of allylic oxidation sites excluding steroid dienone is 1. The zero-order valence-electron chi connectivity index (χ0n) is 28.1. The predicted molar refractivity (Wildman–Crippen MR) is 190 cm³/mol. The summed E-state index contributed by atoms with van der Waals surface area (Å²) >= 11 is 13.6. The maximum atomic E-state index is 14.5. The van der Waals surface area contributed by atoms with E-state index in [4.69, 9.17) is 42.4 Å². The van der Waals surface area contributed by atoms with Crippen molar-refractivity contribution < 1.29 is 23.8 Å². The van der Waals surface area contributed by atoms with Crippen LogP contribution in [0.1, 0.15) is 26.2 Å². The highest BCUT2D eigenvalue weighted by molar-refractivity contribution is 6.41. The molecule has 2 aromatic heterocycles. The van der Waals surface area contributed by atoms with Crippen LogP contribution in [0, 0.1) is 17.8 Å². The van der Waals surface area contributed by atoms with Crippen molar-refractivity contribution in [3.63, 3.8) is 0 Å². The molecule has 260 valence electrons. The number of hydrogen-bond donors (Lipinski definition) is 1. The van der Waals surface area contributed by atoms with Crippen LogP contribution >= 0.6 is 23.2 Å². The van der Waals surface area contributed by atoms with Crippen LogP contribution in [0.25, 0.3) is 22.2 Å². The summed E-state index contributed by atoms with van der Waals surface area (Å²) in [5.41, 5.74) is 0.503. The number of likely N-dealkylation sites (N-methyl/N-ethyl adjacent to an activating group) is 1. The number of amides is 1. The average Bonchev–Trinajstić information content (AvgIpc) is 3.10. The first-order valence-corrected chi connectivity index (χ1v) is 16.8. The third-order valence-corrected chi connectivity index (χ3v) is 9.91. The van der Waals surface area contributed by atoms with E-state index in [-0.39, 0.29) is 63.0 Å². The van der Waals surface area contributed by atoms with E-state index in [0.29, 0.717) is 80.6 Å².